The monoisotopic (exact) mass is 363 g/mol. The van der Waals surface area contributed by atoms with Crippen molar-refractivity contribution >= 4 is 24.0 Å². The third-order valence-corrected chi connectivity index (χ3v) is 6.62. The summed E-state index contributed by atoms with van der Waals surface area (Å²) in [5, 5.41) is 9.93. The van der Waals surface area contributed by atoms with Crippen LogP contribution in [-0.4, -0.2) is 32.4 Å². The molecule has 1 unspecified atom stereocenters. The van der Waals surface area contributed by atoms with Gasteiger partial charge >= 0.3 is 77.4 Å². The van der Waals surface area contributed by atoms with Gasteiger partial charge in [0, 0.05) is 0 Å². The van der Waals surface area contributed by atoms with Crippen molar-refractivity contribution in [2.45, 2.75) is 30.5 Å². The average molecular weight is 362 g/mol. The predicted octanol–water partition coefficient (Wildman–Crippen LogP) is 2.50. The Kier molecular flexibility index (Phi) is 6.29. The average Bonchev–Trinajstić information content (AvgIpc) is 2.21. The number of hydrogen-bond acceptors (Lipinski definition) is 4. The molecular formula is C10H12F3NO3SSe. The first-order valence-electron chi connectivity index (χ1n) is 4.83. The Labute approximate surface area is 114 Å². The molecule has 0 amide bonds. The van der Waals surface area contributed by atoms with E-state index in [0.29, 0.717) is 0 Å². The quantitative estimate of drug-likeness (QED) is 0.377. The van der Waals surface area contributed by atoms with Crippen molar-refractivity contribution in [2.75, 3.05) is 0 Å². The third kappa shape index (κ3) is 5.78. The van der Waals surface area contributed by atoms with E-state index in [-0.39, 0.29) is 0 Å². The van der Waals surface area contributed by atoms with E-state index < -0.39 is 29.5 Å². The van der Waals surface area contributed by atoms with E-state index in [1.807, 2.05) is 0 Å². The molecule has 19 heavy (non-hydrogen) atoms. The molecule has 1 aliphatic heterocycles. The van der Waals surface area contributed by atoms with E-state index in [4.69, 9.17) is 18.2 Å². The standard InChI is InChI=1S/C9H12NSe.CHF3O3S/c1-7-4-9(5-10)11(3)6-8(7)2;2-1(3,4)8(5,6)7/h4H,6H2,1-3H3;(H,5,6,7)/q+1;/p-1. The zero-order valence-corrected chi connectivity index (χ0v) is 12.9. The van der Waals surface area contributed by atoms with Crippen LogP contribution in [0.25, 0.3) is 0 Å². The summed E-state index contributed by atoms with van der Waals surface area (Å²) in [4.78, 5) is 0. The first kappa shape index (κ1) is 18.2. The molecule has 1 aliphatic rings. The molecule has 0 radical (unpaired) electrons. The molecule has 0 aliphatic carbocycles. The van der Waals surface area contributed by atoms with E-state index in [2.05, 4.69) is 31.8 Å². The van der Waals surface area contributed by atoms with Crippen molar-refractivity contribution in [2.24, 2.45) is 0 Å². The molecule has 1 rings (SSSR count). The number of alkyl halides is 3. The Morgan fingerprint density at radius 3 is 2.16 bits per heavy atom. The van der Waals surface area contributed by atoms with Crippen LogP contribution in [0.2, 0.25) is 11.1 Å². The number of nitriles is 1. The van der Waals surface area contributed by atoms with Crippen molar-refractivity contribution in [3.8, 4) is 6.07 Å². The van der Waals surface area contributed by atoms with E-state index >= 15 is 0 Å². The largest absolute Gasteiger partial charge is 0.741 e. The van der Waals surface area contributed by atoms with Crippen molar-refractivity contribution in [3.63, 3.8) is 0 Å². The molecule has 0 N–H and O–H groups in total. The Hall–Kier alpha value is -0.811. The first-order valence-corrected chi connectivity index (χ1v) is 10.0. The molecule has 1 atom stereocenters. The van der Waals surface area contributed by atoms with Gasteiger partial charge in [-0.05, 0) is 0 Å². The molecule has 0 bridgehead atoms. The van der Waals surface area contributed by atoms with Crippen LogP contribution in [0, 0.1) is 11.3 Å². The van der Waals surface area contributed by atoms with Gasteiger partial charge in [0.2, 0.25) is 0 Å². The summed E-state index contributed by atoms with van der Waals surface area (Å²) in [6.07, 6.45) is 2.06. The Morgan fingerprint density at radius 2 is 1.84 bits per heavy atom. The summed E-state index contributed by atoms with van der Waals surface area (Å²) in [5.41, 5.74) is -2.88. The molecule has 0 aromatic carbocycles. The summed E-state index contributed by atoms with van der Waals surface area (Å²) < 4.78 is 60.0. The second kappa shape index (κ2) is 6.57. The summed E-state index contributed by atoms with van der Waals surface area (Å²) in [6.45, 7) is 4.25. The Bertz CT molecular complexity index is 543. The van der Waals surface area contributed by atoms with Crippen LogP contribution in [0.5, 0.6) is 0 Å². The van der Waals surface area contributed by atoms with Gasteiger partial charge in [-0.15, -0.1) is 0 Å². The first-order chi connectivity index (χ1) is 8.40. The van der Waals surface area contributed by atoms with E-state index in [0.717, 1.165) is 4.47 Å². The number of hydrogen-bond donors (Lipinski definition) is 0. The topological polar surface area (TPSA) is 81.0 Å². The maximum atomic E-state index is 10.7. The molecule has 108 valence electrons. The minimum atomic E-state index is -6.09. The maximum absolute atomic E-state index is 10.7. The van der Waals surface area contributed by atoms with Gasteiger partial charge in [-0.25, -0.2) is 8.42 Å². The second-order valence-electron chi connectivity index (χ2n) is 3.77. The van der Waals surface area contributed by atoms with Crippen molar-refractivity contribution in [1.82, 2.24) is 0 Å². The fraction of sp³-hybridized carbons (Fsp3) is 0.500. The fourth-order valence-corrected chi connectivity index (χ4v) is 4.33. The van der Waals surface area contributed by atoms with Gasteiger partial charge < -0.3 is 4.55 Å². The van der Waals surface area contributed by atoms with Crippen LogP contribution in [0.1, 0.15) is 13.8 Å². The van der Waals surface area contributed by atoms with E-state index in [1.165, 1.54) is 16.5 Å². The second-order valence-corrected chi connectivity index (χ2v) is 9.34. The van der Waals surface area contributed by atoms with Crippen molar-refractivity contribution < 1.29 is 26.1 Å². The molecule has 0 aromatic heterocycles. The van der Waals surface area contributed by atoms with Crippen LogP contribution in [-0.2, 0) is 10.1 Å². The zero-order valence-electron chi connectivity index (χ0n) is 10.4. The molecule has 0 fully saturated rings. The number of allylic oxidation sites excluding steroid dienone is 4. The van der Waals surface area contributed by atoms with Crippen LogP contribution in [0.3, 0.4) is 0 Å². The van der Waals surface area contributed by atoms with Gasteiger partial charge in [0.15, 0.2) is 10.1 Å². The SMILES string of the molecule is CC1=C(C)C[Se+](C)C(C#N)=C1.O=S(=O)([O-])C(F)(F)F. The summed E-state index contributed by atoms with van der Waals surface area (Å²) in [6, 6.07) is 2.29. The van der Waals surface area contributed by atoms with Gasteiger partial charge in [0.25, 0.3) is 0 Å². The fourth-order valence-electron chi connectivity index (χ4n) is 1.05. The number of nitrogens with zero attached hydrogens (tertiary/aromatic N) is 1. The molecule has 0 spiro atoms. The smallest absolute Gasteiger partial charge is 0.485 e. The summed E-state index contributed by atoms with van der Waals surface area (Å²) >= 11 is -0.735. The van der Waals surface area contributed by atoms with E-state index in [1.54, 1.807) is 0 Å². The zero-order chi connectivity index (χ0) is 15.4. The van der Waals surface area contributed by atoms with Gasteiger partial charge in [0.1, 0.15) is 0 Å². The van der Waals surface area contributed by atoms with Crippen LogP contribution in [0.15, 0.2) is 21.7 Å². The van der Waals surface area contributed by atoms with Crippen LogP contribution < -0.4 is 0 Å². The van der Waals surface area contributed by atoms with Gasteiger partial charge in [-0.2, -0.15) is 13.2 Å². The minimum absolute atomic E-state index is 0.735. The Balaban J connectivity index is 0.000000362. The maximum Gasteiger partial charge on any atom is 0.485 e. The third-order valence-electron chi connectivity index (χ3n) is 2.22. The molecule has 4 nitrogen and oxygen atoms in total. The van der Waals surface area contributed by atoms with Gasteiger partial charge in [-0.3, -0.25) is 0 Å². The number of halogens is 3. The van der Waals surface area contributed by atoms with Crippen molar-refractivity contribution in [3.05, 3.63) is 21.7 Å². The van der Waals surface area contributed by atoms with E-state index in [9.17, 15) is 13.2 Å². The Morgan fingerprint density at radius 1 is 1.42 bits per heavy atom. The van der Waals surface area contributed by atoms with Crippen molar-refractivity contribution in [1.29, 1.82) is 5.26 Å². The molecule has 0 saturated carbocycles. The van der Waals surface area contributed by atoms with Crippen LogP contribution >= 0.6 is 0 Å². The van der Waals surface area contributed by atoms with Crippen LogP contribution in [0.4, 0.5) is 13.2 Å². The van der Waals surface area contributed by atoms with Gasteiger partial charge in [-0.1, -0.05) is 0 Å². The molecular weight excluding hydrogens is 350 g/mol. The minimum Gasteiger partial charge on any atom is -0.741 e. The summed E-state index contributed by atoms with van der Waals surface area (Å²) in [7, 11) is -6.09. The summed E-state index contributed by atoms with van der Waals surface area (Å²) in [5.74, 6) is 2.23. The predicted molar refractivity (Wildman–Crippen MR) is 64.2 cm³/mol. The molecule has 0 saturated heterocycles. The molecule has 0 aromatic rings. The molecule has 9 heteroatoms. The number of rotatable bonds is 0. The molecule has 1 heterocycles. The normalized spacial score (nSPS) is 20.1. The van der Waals surface area contributed by atoms with Gasteiger partial charge in [0.05, 0.1) is 0 Å².